The number of benzene rings is 1. The van der Waals surface area contributed by atoms with Crippen LogP contribution >= 0.6 is 0 Å². The van der Waals surface area contributed by atoms with E-state index in [9.17, 15) is 9.59 Å². The molecule has 2 aliphatic rings. The van der Waals surface area contributed by atoms with E-state index in [0.29, 0.717) is 13.1 Å². The predicted octanol–water partition coefficient (Wildman–Crippen LogP) is 1.85. The second kappa shape index (κ2) is 10.3. The van der Waals surface area contributed by atoms with Gasteiger partial charge in [0.2, 0.25) is 11.8 Å². The average molecular weight is 426 g/mol. The summed E-state index contributed by atoms with van der Waals surface area (Å²) in [5.74, 6) is 0.342. The van der Waals surface area contributed by atoms with Gasteiger partial charge in [0.15, 0.2) is 0 Å². The average Bonchev–Trinajstić information content (AvgIpc) is 3.23. The maximum Gasteiger partial charge on any atom is 0.237 e. The van der Waals surface area contributed by atoms with Crippen LogP contribution in [0.4, 0.5) is 0 Å². The van der Waals surface area contributed by atoms with E-state index in [0.717, 1.165) is 64.0 Å². The minimum Gasteiger partial charge on any atom is -0.361 e. The van der Waals surface area contributed by atoms with Gasteiger partial charge in [0.1, 0.15) is 0 Å². The summed E-state index contributed by atoms with van der Waals surface area (Å²) >= 11 is 0. The number of likely N-dealkylation sites (tertiary alicyclic amines) is 1. The van der Waals surface area contributed by atoms with E-state index in [2.05, 4.69) is 32.2 Å². The van der Waals surface area contributed by atoms with Crippen LogP contribution in [0.3, 0.4) is 0 Å². The van der Waals surface area contributed by atoms with Gasteiger partial charge in [-0.3, -0.25) is 19.4 Å². The maximum absolute atomic E-state index is 12.7. The lowest BCUT2D eigenvalue weighted by Gasteiger charge is -2.38. The third kappa shape index (κ3) is 5.46. The SMILES string of the molecule is CC(C(=O)NCCc1c[nH]c2ccccc12)N1CCN(CC(=O)N2CCCCC2)CC1. The molecule has 7 nitrogen and oxygen atoms in total. The highest BCUT2D eigenvalue weighted by atomic mass is 16.2. The molecule has 4 rings (SSSR count). The predicted molar refractivity (Wildman–Crippen MR) is 123 cm³/mol. The molecule has 3 heterocycles. The number of fused-ring (bicyclic) bond motifs is 1. The van der Waals surface area contributed by atoms with Gasteiger partial charge in [0.25, 0.3) is 0 Å². The maximum atomic E-state index is 12.7. The van der Waals surface area contributed by atoms with Gasteiger partial charge in [0, 0.05) is 62.9 Å². The molecular formula is C24H35N5O2. The first-order valence-electron chi connectivity index (χ1n) is 11.7. The minimum absolute atomic E-state index is 0.0812. The molecule has 0 bridgehead atoms. The molecule has 2 aliphatic heterocycles. The van der Waals surface area contributed by atoms with E-state index in [4.69, 9.17) is 0 Å². The van der Waals surface area contributed by atoms with E-state index >= 15 is 0 Å². The summed E-state index contributed by atoms with van der Waals surface area (Å²) in [6.07, 6.45) is 6.35. The molecule has 0 aliphatic carbocycles. The van der Waals surface area contributed by atoms with Gasteiger partial charge >= 0.3 is 0 Å². The van der Waals surface area contributed by atoms with Gasteiger partial charge in [-0.1, -0.05) is 18.2 Å². The highest BCUT2D eigenvalue weighted by molar-refractivity contribution is 5.83. The highest BCUT2D eigenvalue weighted by Crippen LogP contribution is 2.17. The number of hydrogen-bond acceptors (Lipinski definition) is 4. The highest BCUT2D eigenvalue weighted by Gasteiger charge is 2.27. The summed E-state index contributed by atoms with van der Waals surface area (Å²) in [6, 6.07) is 8.10. The van der Waals surface area contributed by atoms with E-state index in [1.807, 2.05) is 30.2 Å². The fourth-order valence-corrected chi connectivity index (χ4v) is 4.72. The lowest BCUT2D eigenvalue weighted by atomic mass is 10.1. The van der Waals surface area contributed by atoms with Crippen molar-refractivity contribution in [3.63, 3.8) is 0 Å². The normalized spacial score (nSPS) is 19.5. The summed E-state index contributed by atoms with van der Waals surface area (Å²) in [7, 11) is 0. The van der Waals surface area contributed by atoms with E-state index in [1.165, 1.54) is 17.4 Å². The molecule has 2 aromatic rings. The van der Waals surface area contributed by atoms with Gasteiger partial charge in [-0.25, -0.2) is 0 Å². The number of aromatic nitrogens is 1. The number of rotatable bonds is 7. The minimum atomic E-state index is -0.150. The number of nitrogens with one attached hydrogen (secondary N) is 2. The molecule has 31 heavy (non-hydrogen) atoms. The standard InChI is InChI=1S/C24H35N5O2/c1-19(24(31)25-10-9-20-17-26-22-8-4-3-7-21(20)22)28-15-13-27(14-16-28)18-23(30)29-11-5-2-6-12-29/h3-4,7-8,17,19,26H,2,5-6,9-16,18H2,1H3,(H,25,31). The van der Waals surface area contributed by atoms with Gasteiger partial charge < -0.3 is 15.2 Å². The topological polar surface area (TPSA) is 71.7 Å². The summed E-state index contributed by atoms with van der Waals surface area (Å²) in [4.78, 5) is 34.9. The Kier molecular flexibility index (Phi) is 7.25. The molecule has 2 amide bonds. The zero-order chi connectivity index (χ0) is 21.6. The molecule has 1 atom stereocenters. The molecule has 2 N–H and O–H groups in total. The Hall–Kier alpha value is -2.38. The quantitative estimate of drug-likeness (QED) is 0.710. The van der Waals surface area contributed by atoms with Crippen LogP contribution in [-0.2, 0) is 16.0 Å². The zero-order valence-corrected chi connectivity index (χ0v) is 18.6. The lowest BCUT2D eigenvalue weighted by Crippen LogP contribution is -2.55. The van der Waals surface area contributed by atoms with Crippen LogP contribution in [0.25, 0.3) is 10.9 Å². The zero-order valence-electron chi connectivity index (χ0n) is 18.6. The summed E-state index contributed by atoms with van der Waals surface area (Å²) < 4.78 is 0. The first-order valence-corrected chi connectivity index (χ1v) is 11.7. The van der Waals surface area contributed by atoms with Crippen molar-refractivity contribution >= 4 is 22.7 Å². The first kappa shape index (κ1) is 21.8. The van der Waals surface area contributed by atoms with Crippen LogP contribution in [0.2, 0.25) is 0 Å². The number of nitrogens with zero attached hydrogens (tertiary/aromatic N) is 3. The van der Waals surface area contributed by atoms with E-state index in [-0.39, 0.29) is 17.9 Å². The van der Waals surface area contributed by atoms with Crippen molar-refractivity contribution < 1.29 is 9.59 Å². The number of hydrogen-bond donors (Lipinski definition) is 2. The van der Waals surface area contributed by atoms with Gasteiger partial charge in [-0.15, -0.1) is 0 Å². The van der Waals surface area contributed by atoms with Crippen LogP contribution in [0.15, 0.2) is 30.5 Å². The number of piperidine rings is 1. The van der Waals surface area contributed by atoms with Crippen molar-refractivity contribution in [3.05, 3.63) is 36.0 Å². The molecule has 2 saturated heterocycles. The molecule has 168 valence electrons. The van der Waals surface area contributed by atoms with Crippen LogP contribution in [0, 0.1) is 0 Å². The molecule has 1 unspecified atom stereocenters. The lowest BCUT2D eigenvalue weighted by molar-refractivity contribution is -0.134. The van der Waals surface area contributed by atoms with Crippen molar-refractivity contribution in [3.8, 4) is 0 Å². The smallest absolute Gasteiger partial charge is 0.237 e. The van der Waals surface area contributed by atoms with Crippen LogP contribution in [-0.4, -0.2) is 89.9 Å². The second-order valence-corrected chi connectivity index (χ2v) is 8.83. The Balaban J connectivity index is 1.18. The molecule has 1 aromatic carbocycles. The van der Waals surface area contributed by atoms with E-state index in [1.54, 1.807) is 0 Å². The number of carbonyl (C=O) groups excluding carboxylic acids is 2. The van der Waals surface area contributed by atoms with Gasteiger partial charge in [0.05, 0.1) is 12.6 Å². The molecule has 7 heteroatoms. The first-order chi connectivity index (χ1) is 15.1. The third-order valence-corrected chi connectivity index (χ3v) is 6.77. The number of carbonyl (C=O) groups is 2. The van der Waals surface area contributed by atoms with Crippen molar-refractivity contribution in [1.82, 2.24) is 25.0 Å². The van der Waals surface area contributed by atoms with Crippen molar-refractivity contribution in [1.29, 1.82) is 0 Å². The van der Waals surface area contributed by atoms with Crippen LogP contribution in [0.1, 0.15) is 31.7 Å². The van der Waals surface area contributed by atoms with E-state index < -0.39 is 0 Å². The number of amides is 2. The molecule has 1 aromatic heterocycles. The van der Waals surface area contributed by atoms with Crippen molar-refractivity contribution in [2.24, 2.45) is 0 Å². The molecular weight excluding hydrogens is 390 g/mol. The van der Waals surface area contributed by atoms with Crippen molar-refractivity contribution in [2.75, 3.05) is 52.4 Å². The van der Waals surface area contributed by atoms with Crippen LogP contribution in [0.5, 0.6) is 0 Å². The summed E-state index contributed by atoms with van der Waals surface area (Å²) in [5.41, 5.74) is 2.37. The Morgan fingerprint density at radius 3 is 2.55 bits per heavy atom. The Morgan fingerprint density at radius 1 is 1.03 bits per heavy atom. The fourth-order valence-electron chi connectivity index (χ4n) is 4.72. The van der Waals surface area contributed by atoms with Gasteiger partial charge in [-0.2, -0.15) is 0 Å². The molecule has 2 fully saturated rings. The summed E-state index contributed by atoms with van der Waals surface area (Å²) in [5, 5.41) is 4.32. The van der Waals surface area contributed by atoms with Crippen molar-refractivity contribution in [2.45, 2.75) is 38.6 Å². The Labute approximate surface area is 184 Å². The van der Waals surface area contributed by atoms with Crippen LogP contribution < -0.4 is 5.32 Å². The second-order valence-electron chi connectivity index (χ2n) is 8.83. The number of piperazine rings is 1. The molecule has 0 radical (unpaired) electrons. The fraction of sp³-hybridized carbons (Fsp3) is 0.583. The number of H-pyrrole nitrogens is 1. The number of para-hydroxylation sites is 1. The number of aromatic amines is 1. The Bertz CT molecular complexity index is 881. The molecule has 0 spiro atoms. The Morgan fingerprint density at radius 2 is 1.77 bits per heavy atom. The largest absolute Gasteiger partial charge is 0.361 e. The van der Waals surface area contributed by atoms with Gasteiger partial charge in [-0.05, 0) is 44.2 Å². The molecule has 0 saturated carbocycles. The third-order valence-electron chi connectivity index (χ3n) is 6.77. The summed E-state index contributed by atoms with van der Waals surface area (Å²) in [6.45, 7) is 8.28. The monoisotopic (exact) mass is 425 g/mol.